The number of amides is 1. The second-order valence-corrected chi connectivity index (χ2v) is 7.96. The van der Waals surface area contributed by atoms with Crippen LogP contribution in [0.15, 0.2) is 0 Å². The first-order valence-corrected chi connectivity index (χ1v) is 8.87. The monoisotopic (exact) mass is 305 g/mol. The lowest BCUT2D eigenvalue weighted by atomic mass is 10.0. The molecule has 2 N–H and O–H groups in total. The lowest BCUT2D eigenvalue weighted by molar-refractivity contribution is -0.127. The SMILES string of the molecule is CCNC(C)(C)C(=O)NC1CCN(S(=O)(=O)CC)CC1. The molecule has 1 saturated heterocycles. The van der Waals surface area contributed by atoms with Gasteiger partial charge in [-0.3, -0.25) is 4.79 Å². The second-order valence-electron chi connectivity index (χ2n) is 5.70. The minimum absolute atomic E-state index is 0.0313. The van der Waals surface area contributed by atoms with Crippen molar-refractivity contribution in [1.29, 1.82) is 0 Å². The van der Waals surface area contributed by atoms with Crippen molar-refractivity contribution in [3.05, 3.63) is 0 Å². The number of hydrogen-bond donors (Lipinski definition) is 2. The summed E-state index contributed by atoms with van der Waals surface area (Å²) in [4.78, 5) is 12.2. The maximum atomic E-state index is 12.2. The smallest absolute Gasteiger partial charge is 0.239 e. The first-order chi connectivity index (χ1) is 9.23. The van der Waals surface area contributed by atoms with Crippen molar-refractivity contribution >= 4 is 15.9 Å². The van der Waals surface area contributed by atoms with Crippen LogP contribution in [0.3, 0.4) is 0 Å². The van der Waals surface area contributed by atoms with Gasteiger partial charge < -0.3 is 10.6 Å². The van der Waals surface area contributed by atoms with Crippen LogP contribution in [0.2, 0.25) is 0 Å². The fourth-order valence-corrected chi connectivity index (χ4v) is 3.48. The van der Waals surface area contributed by atoms with Gasteiger partial charge in [0.25, 0.3) is 0 Å². The lowest BCUT2D eigenvalue weighted by Gasteiger charge is -2.33. The number of rotatable bonds is 6. The summed E-state index contributed by atoms with van der Waals surface area (Å²) in [6, 6.07) is 0.0590. The van der Waals surface area contributed by atoms with Gasteiger partial charge in [0, 0.05) is 19.1 Å². The summed E-state index contributed by atoms with van der Waals surface area (Å²) in [5.74, 6) is 0.105. The predicted octanol–water partition coefficient (Wildman–Crippen LogP) is 0.305. The van der Waals surface area contributed by atoms with Crippen molar-refractivity contribution in [3.63, 3.8) is 0 Å². The number of carbonyl (C=O) groups excluding carboxylic acids is 1. The molecule has 0 aromatic heterocycles. The highest BCUT2D eigenvalue weighted by Gasteiger charge is 2.31. The number of piperidine rings is 1. The summed E-state index contributed by atoms with van der Waals surface area (Å²) in [5.41, 5.74) is -0.596. The van der Waals surface area contributed by atoms with E-state index in [0.717, 1.165) is 6.54 Å². The van der Waals surface area contributed by atoms with Crippen molar-refractivity contribution in [1.82, 2.24) is 14.9 Å². The summed E-state index contributed by atoms with van der Waals surface area (Å²) in [6.45, 7) is 9.02. The predicted molar refractivity (Wildman–Crippen MR) is 80.0 cm³/mol. The van der Waals surface area contributed by atoms with Crippen LogP contribution in [0, 0.1) is 0 Å². The summed E-state index contributed by atoms with van der Waals surface area (Å²) >= 11 is 0. The van der Waals surface area contributed by atoms with E-state index in [4.69, 9.17) is 0 Å². The molecule has 118 valence electrons. The van der Waals surface area contributed by atoms with E-state index >= 15 is 0 Å². The van der Waals surface area contributed by atoms with Gasteiger partial charge in [0.1, 0.15) is 0 Å². The van der Waals surface area contributed by atoms with E-state index in [9.17, 15) is 13.2 Å². The molecular formula is C13H27N3O3S. The molecule has 0 bridgehead atoms. The Morgan fingerprint density at radius 2 is 1.80 bits per heavy atom. The molecule has 1 aliphatic rings. The molecule has 7 heteroatoms. The van der Waals surface area contributed by atoms with Gasteiger partial charge in [-0.15, -0.1) is 0 Å². The van der Waals surface area contributed by atoms with E-state index in [-0.39, 0.29) is 17.7 Å². The summed E-state index contributed by atoms with van der Waals surface area (Å²) in [5, 5.41) is 6.15. The molecule has 0 radical (unpaired) electrons. The number of nitrogens with zero attached hydrogens (tertiary/aromatic N) is 1. The van der Waals surface area contributed by atoms with E-state index < -0.39 is 15.6 Å². The van der Waals surface area contributed by atoms with Crippen molar-refractivity contribution in [3.8, 4) is 0 Å². The summed E-state index contributed by atoms with van der Waals surface area (Å²) in [7, 11) is -3.10. The van der Waals surface area contributed by atoms with Gasteiger partial charge in [0.15, 0.2) is 0 Å². The normalized spacial score (nSPS) is 19.0. The molecule has 0 aliphatic carbocycles. The molecule has 1 fully saturated rings. The lowest BCUT2D eigenvalue weighted by Crippen LogP contribution is -2.56. The quantitative estimate of drug-likeness (QED) is 0.740. The molecule has 0 unspecified atom stereocenters. The first kappa shape index (κ1) is 17.4. The molecule has 0 spiro atoms. The molecule has 0 aromatic rings. The van der Waals surface area contributed by atoms with Gasteiger partial charge in [0.2, 0.25) is 15.9 Å². The van der Waals surface area contributed by atoms with E-state index in [0.29, 0.717) is 25.9 Å². The Morgan fingerprint density at radius 1 is 1.25 bits per heavy atom. The van der Waals surface area contributed by atoms with Crippen molar-refractivity contribution in [2.75, 3.05) is 25.4 Å². The van der Waals surface area contributed by atoms with Gasteiger partial charge in [0.05, 0.1) is 11.3 Å². The maximum Gasteiger partial charge on any atom is 0.239 e. The molecule has 1 amide bonds. The zero-order chi connectivity index (χ0) is 15.4. The fraction of sp³-hybridized carbons (Fsp3) is 0.923. The Labute approximate surface area is 122 Å². The summed E-state index contributed by atoms with van der Waals surface area (Å²) < 4.78 is 25.0. The summed E-state index contributed by atoms with van der Waals surface area (Å²) in [6.07, 6.45) is 1.35. The highest BCUT2D eigenvalue weighted by atomic mass is 32.2. The van der Waals surface area contributed by atoms with Crippen molar-refractivity contribution in [2.24, 2.45) is 0 Å². The largest absolute Gasteiger partial charge is 0.352 e. The van der Waals surface area contributed by atoms with E-state index in [1.54, 1.807) is 6.92 Å². The number of nitrogens with one attached hydrogen (secondary N) is 2. The number of sulfonamides is 1. The Kier molecular flexibility index (Phi) is 5.97. The van der Waals surface area contributed by atoms with E-state index in [2.05, 4.69) is 10.6 Å². The van der Waals surface area contributed by atoms with Gasteiger partial charge in [-0.1, -0.05) is 6.92 Å². The molecule has 6 nitrogen and oxygen atoms in total. The third kappa shape index (κ3) is 4.43. The van der Waals surface area contributed by atoms with Crippen LogP contribution in [0.4, 0.5) is 0 Å². The average Bonchev–Trinajstić information content (AvgIpc) is 2.39. The average molecular weight is 305 g/mol. The highest BCUT2D eigenvalue weighted by molar-refractivity contribution is 7.89. The molecule has 1 aliphatic heterocycles. The van der Waals surface area contributed by atoms with Gasteiger partial charge in [-0.25, -0.2) is 12.7 Å². The Balaban J connectivity index is 2.49. The Hall–Kier alpha value is -0.660. The van der Waals surface area contributed by atoms with Crippen LogP contribution < -0.4 is 10.6 Å². The molecule has 20 heavy (non-hydrogen) atoms. The van der Waals surface area contributed by atoms with Crippen molar-refractivity contribution in [2.45, 2.75) is 52.1 Å². The number of likely N-dealkylation sites (N-methyl/N-ethyl adjacent to an activating group) is 1. The van der Waals surface area contributed by atoms with Crippen LogP contribution in [0.5, 0.6) is 0 Å². The van der Waals surface area contributed by atoms with Crippen molar-refractivity contribution < 1.29 is 13.2 Å². The van der Waals surface area contributed by atoms with Crippen LogP contribution in [-0.2, 0) is 14.8 Å². The van der Waals surface area contributed by atoms with E-state index in [1.807, 2.05) is 20.8 Å². The van der Waals surface area contributed by atoms with Crippen LogP contribution in [-0.4, -0.2) is 55.6 Å². The fourth-order valence-electron chi connectivity index (χ4n) is 2.35. The molecule has 0 saturated carbocycles. The molecule has 0 atom stereocenters. The minimum Gasteiger partial charge on any atom is -0.352 e. The number of carbonyl (C=O) groups is 1. The van der Waals surface area contributed by atoms with Gasteiger partial charge in [-0.05, 0) is 40.2 Å². The van der Waals surface area contributed by atoms with Crippen LogP contribution in [0.25, 0.3) is 0 Å². The third-order valence-corrected chi connectivity index (χ3v) is 5.62. The zero-order valence-electron chi connectivity index (χ0n) is 12.9. The van der Waals surface area contributed by atoms with Crippen LogP contribution in [0.1, 0.15) is 40.5 Å². The Morgan fingerprint density at radius 3 is 2.25 bits per heavy atom. The van der Waals surface area contributed by atoms with E-state index in [1.165, 1.54) is 4.31 Å². The van der Waals surface area contributed by atoms with Crippen LogP contribution >= 0.6 is 0 Å². The van der Waals surface area contributed by atoms with Gasteiger partial charge >= 0.3 is 0 Å². The third-order valence-electron chi connectivity index (χ3n) is 3.73. The maximum absolute atomic E-state index is 12.2. The molecule has 1 rings (SSSR count). The molecule has 0 aromatic carbocycles. The topological polar surface area (TPSA) is 78.5 Å². The van der Waals surface area contributed by atoms with Gasteiger partial charge in [-0.2, -0.15) is 0 Å². The molecule has 1 heterocycles. The highest BCUT2D eigenvalue weighted by Crippen LogP contribution is 2.15. The first-order valence-electron chi connectivity index (χ1n) is 7.26. The minimum atomic E-state index is -3.10. The standard InChI is InChI=1S/C13H27N3O3S/c1-5-14-13(3,4)12(17)15-11-7-9-16(10-8-11)20(18,19)6-2/h11,14H,5-10H2,1-4H3,(H,15,17). The second kappa shape index (κ2) is 6.87. The zero-order valence-corrected chi connectivity index (χ0v) is 13.7. The molecular weight excluding hydrogens is 278 g/mol. The Bertz CT molecular complexity index is 426. The number of hydrogen-bond acceptors (Lipinski definition) is 4.